The Bertz CT molecular complexity index is 711. The molecule has 0 N–H and O–H groups in total. The van der Waals surface area contributed by atoms with Gasteiger partial charge in [0.1, 0.15) is 29.1 Å². The van der Waals surface area contributed by atoms with Gasteiger partial charge in [0, 0.05) is 17.7 Å². The van der Waals surface area contributed by atoms with Crippen molar-refractivity contribution < 1.29 is 18.9 Å². The van der Waals surface area contributed by atoms with Gasteiger partial charge in [-0.3, -0.25) is 0 Å². The molecule has 134 valence electrons. The Morgan fingerprint density at radius 3 is 2.28 bits per heavy atom. The van der Waals surface area contributed by atoms with E-state index in [0.717, 1.165) is 41.4 Å². The Morgan fingerprint density at radius 2 is 1.56 bits per heavy atom. The molecule has 1 aliphatic rings. The summed E-state index contributed by atoms with van der Waals surface area (Å²) in [6.45, 7) is 7.85. The number of hydrogen-bond acceptors (Lipinski definition) is 4. The lowest BCUT2D eigenvalue weighted by Gasteiger charge is -2.28. The van der Waals surface area contributed by atoms with Crippen LogP contribution in [0.5, 0.6) is 23.0 Å². The van der Waals surface area contributed by atoms with E-state index in [9.17, 15) is 0 Å². The van der Waals surface area contributed by atoms with Gasteiger partial charge in [0.05, 0.1) is 19.8 Å². The Morgan fingerprint density at radius 1 is 0.880 bits per heavy atom. The summed E-state index contributed by atoms with van der Waals surface area (Å²) in [5.41, 5.74) is 2.29. The van der Waals surface area contributed by atoms with Gasteiger partial charge in [0.25, 0.3) is 0 Å². The van der Waals surface area contributed by atoms with Crippen LogP contribution in [0.4, 0.5) is 0 Å². The van der Waals surface area contributed by atoms with E-state index in [2.05, 4.69) is 12.1 Å². The molecule has 0 aromatic heterocycles. The molecule has 0 amide bonds. The Labute approximate surface area is 149 Å². The number of fused-ring (bicyclic) bond motifs is 1. The first-order valence-corrected chi connectivity index (χ1v) is 9.07. The lowest BCUT2D eigenvalue weighted by Crippen LogP contribution is -2.16. The minimum Gasteiger partial charge on any atom is -0.494 e. The highest BCUT2D eigenvalue weighted by Crippen LogP contribution is 2.40. The summed E-state index contributed by atoms with van der Waals surface area (Å²) in [7, 11) is 0. The molecule has 0 spiro atoms. The van der Waals surface area contributed by atoms with Crippen molar-refractivity contribution in [1.82, 2.24) is 0 Å². The third kappa shape index (κ3) is 4.01. The molecule has 2 aromatic carbocycles. The minimum absolute atomic E-state index is 0.0263. The van der Waals surface area contributed by atoms with Crippen LogP contribution >= 0.6 is 0 Å². The number of ether oxygens (including phenoxy) is 4. The molecule has 0 saturated carbocycles. The molecular formula is C21H26O4. The molecule has 2 aromatic rings. The van der Waals surface area contributed by atoms with Crippen molar-refractivity contribution >= 4 is 0 Å². The van der Waals surface area contributed by atoms with Crippen molar-refractivity contribution in [2.45, 2.75) is 39.7 Å². The molecule has 0 bridgehead atoms. The standard InChI is InChI=1S/C21H26O4/c1-4-22-16-9-7-15-8-12-19(25-20(15)13-16)18-11-10-17(23-5-2)14-21(18)24-6-3/h7,9-11,13-14,19H,4-6,8,12H2,1-3H3. The normalized spacial score (nSPS) is 15.9. The van der Waals surface area contributed by atoms with Gasteiger partial charge >= 0.3 is 0 Å². The van der Waals surface area contributed by atoms with Crippen LogP contribution in [0.2, 0.25) is 0 Å². The molecular weight excluding hydrogens is 316 g/mol. The fourth-order valence-electron chi connectivity index (χ4n) is 3.14. The summed E-state index contributed by atoms with van der Waals surface area (Å²) in [4.78, 5) is 0. The maximum Gasteiger partial charge on any atom is 0.129 e. The van der Waals surface area contributed by atoms with Crippen LogP contribution in [0.1, 0.15) is 44.4 Å². The Balaban J connectivity index is 1.86. The molecule has 0 saturated heterocycles. The van der Waals surface area contributed by atoms with Gasteiger partial charge in [-0.25, -0.2) is 0 Å². The zero-order valence-corrected chi connectivity index (χ0v) is 15.2. The van der Waals surface area contributed by atoms with Crippen molar-refractivity contribution in [2.24, 2.45) is 0 Å². The van der Waals surface area contributed by atoms with E-state index >= 15 is 0 Å². The van der Waals surface area contributed by atoms with Gasteiger partial charge in [0.2, 0.25) is 0 Å². The van der Waals surface area contributed by atoms with Crippen molar-refractivity contribution in [2.75, 3.05) is 19.8 Å². The van der Waals surface area contributed by atoms with Gasteiger partial charge < -0.3 is 18.9 Å². The minimum atomic E-state index is -0.0263. The zero-order valence-electron chi connectivity index (χ0n) is 15.2. The fraction of sp³-hybridized carbons (Fsp3) is 0.429. The molecule has 1 atom stereocenters. The van der Waals surface area contributed by atoms with Crippen LogP contribution in [0, 0.1) is 0 Å². The van der Waals surface area contributed by atoms with Gasteiger partial charge in [-0.15, -0.1) is 0 Å². The topological polar surface area (TPSA) is 36.9 Å². The van der Waals surface area contributed by atoms with E-state index in [4.69, 9.17) is 18.9 Å². The molecule has 1 unspecified atom stereocenters. The predicted molar refractivity (Wildman–Crippen MR) is 98.1 cm³/mol. The second-order valence-corrected chi connectivity index (χ2v) is 5.91. The highest BCUT2D eigenvalue weighted by Gasteiger charge is 2.25. The van der Waals surface area contributed by atoms with Crippen LogP contribution in [-0.2, 0) is 6.42 Å². The summed E-state index contributed by atoms with van der Waals surface area (Å²) in [5.74, 6) is 3.41. The SMILES string of the molecule is CCOc1ccc2c(c1)OC(c1ccc(OCC)cc1OCC)CC2. The maximum atomic E-state index is 6.29. The lowest BCUT2D eigenvalue weighted by atomic mass is 9.96. The van der Waals surface area contributed by atoms with E-state index in [1.807, 2.05) is 45.0 Å². The van der Waals surface area contributed by atoms with E-state index in [0.29, 0.717) is 19.8 Å². The Kier molecular flexibility index (Phi) is 5.69. The predicted octanol–water partition coefficient (Wildman–Crippen LogP) is 4.95. The molecule has 1 aliphatic heterocycles. The van der Waals surface area contributed by atoms with E-state index in [1.165, 1.54) is 5.56 Å². The molecule has 3 rings (SSSR count). The van der Waals surface area contributed by atoms with Gasteiger partial charge in [-0.1, -0.05) is 6.07 Å². The average Bonchev–Trinajstić information content (AvgIpc) is 2.62. The number of benzene rings is 2. The summed E-state index contributed by atoms with van der Waals surface area (Å²) < 4.78 is 23.3. The summed E-state index contributed by atoms with van der Waals surface area (Å²) >= 11 is 0. The molecule has 4 nitrogen and oxygen atoms in total. The second-order valence-electron chi connectivity index (χ2n) is 5.91. The average molecular weight is 342 g/mol. The molecule has 25 heavy (non-hydrogen) atoms. The van der Waals surface area contributed by atoms with Crippen molar-refractivity contribution in [3.8, 4) is 23.0 Å². The van der Waals surface area contributed by atoms with Crippen molar-refractivity contribution in [1.29, 1.82) is 0 Å². The first kappa shape index (κ1) is 17.5. The van der Waals surface area contributed by atoms with Crippen LogP contribution < -0.4 is 18.9 Å². The van der Waals surface area contributed by atoms with E-state index < -0.39 is 0 Å². The molecule has 0 aliphatic carbocycles. The van der Waals surface area contributed by atoms with Gasteiger partial charge in [-0.05, 0) is 57.4 Å². The number of hydrogen-bond donors (Lipinski definition) is 0. The second kappa shape index (κ2) is 8.15. The quantitative estimate of drug-likeness (QED) is 0.713. The van der Waals surface area contributed by atoms with Crippen molar-refractivity contribution in [3.05, 3.63) is 47.5 Å². The summed E-state index contributed by atoms with van der Waals surface area (Å²) in [6.07, 6.45) is 1.88. The molecule has 4 heteroatoms. The molecule has 0 fully saturated rings. The monoisotopic (exact) mass is 342 g/mol. The highest BCUT2D eigenvalue weighted by molar-refractivity contribution is 5.46. The van der Waals surface area contributed by atoms with Crippen molar-refractivity contribution in [3.63, 3.8) is 0 Å². The fourth-order valence-corrected chi connectivity index (χ4v) is 3.14. The lowest BCUT2D eigenvalue weighted by molar-refractivity contribution is 0.169. The zero-order chi connectivity index (χ0) is 17.6. The first-order valence-electron chi connectivity index (χ1n) is 9.07. The van der Waals surface area contributed by atoms with Crippen LogP contribution in [0.15, 0.2) is 36.4 Å². The largest absolute Gasteiger partial charge is 0.494 e. The van der Waals surface area contributed by atoms with Crippen LogP contribution in [0.25, 0.3) is 0 Å². The first-order chi connectivity index (χ1) is 12.2. The number of aryl methyl sites for hydroxylation is 1. The smallest absolute Gasteiger partial charge is 0.129 e. The van der Waals surface area contributed by atoms with E-state index in [-0.39, 0.29) is 6.10 Å². The van der Waals surface area contributed by atoms with Crippen LogP contribution in [-0.4, -0.2) is 19.8 Å². The molecule has 1 heterocycles. The summed E-state index contributed by atoms with van der Waals surface area (Å²) in [5, 5.41) is 0. The van der Waals surface area contributed by atoms with Gasteiger partial charge in [0.15, 0.2) is 0 Å². The molecule has 0 radical (unpaired) electrons. The van der Waals surface area contributed by atoms with E-state index in [1.54, 1.807) is 0 Å². The number of rotatable bonds is 7. The third-order valence-corrected chi connectivity index (χ3v) is 4.24. The third-order valence-electron chi connectivity index (χ3n) is 4.24. The Hall–Kier alpha value is -2.36. The summed E-state index contributed by atoms with van der Waals surface area (Å²) in [6, 6.07) is 12.1. The highest BCUT2D eigenvalue weighted by atomic mass is 16.5. The van der Waals surface area contributed by atoms with Gasteiger partial charge in [-0.2, -0.15) is 0 Å². The maximum absolute atomic E-state index is 6.29. The van der Waals surface area contributed by atoms with Crippen LogP contribution in [0.3, 0.4) is 0 Å².